The number of carboxylic acids is 1. The average Bonchev–Trinajstić information content (AvgIpc) is 3.04. The van der Waals surface area contributed by atoms with Gasteiger partial charge in [-0.05, 0) is 35.7 Å². The van der Waals surface area contributed by atoms with Gasteiger partial charge in [0.2, 0.25) is 0 Å². The maximum atomic E-state index is 13.6. The third kappa shape index (κ3) is 5.27. The second kappa shape index (κ2) is 9.54. The van der Waals surface area contributed by atoms with Gasteiger partial charge in [-0.3, -0.25) is 0 Å². The first kappa shape index (κ1) is 22.8. The molecule has 1 aromatic heterocycles. The van der Waals surface area contributed by atoms with Crippen LogP contribution in [-0.2, 0) is 19.1 Å². The Bertz CT molecular complexity index is 1050. The van der Waals surface area contributed by atoms with Crippen LogP contribution >= 0.6 is 0 Å². The highest BCUT2D eigenvalue weighted by molar-refractivity contribution is 5.92. The lowest BCUT2D eigenvalue weighted by atomic mass is 9.94. The van der Waals surface area contributed by atoms with Gasteiger partial charge in [0.1, 0.15) is 5.82 Å². The van der Waals surface area contributed by atoms with Crippen molar-refractivity contribution >= 4 is 17.0 Å². The van der Waals surface area contributed by atoms with E-state index in [4.69, 9.17) is 0 Å². The molecule has 0 unspecified atom stereocenters. The molecule has 1 heterocycles. The SMILES string of the molecule is CCCC(CCC)Cc1nc2cc(C(=O)O)ccc2n1Cc1ccccc1C(F)(F)F. The highest BCUT2D eigenvalue weighted by atomic mass is 19.4. The molecule has 0 bridgehead atoms. The summed E-state index contributed by atoms with van der Waals surface area (Å²) >= 11 is 0. The Morgan fingerprint density at radius 1 is 1.10 bits per heavy atom. The van der Waals surface area contributed by atoms with Crippen molar-refractivity contribution in [2.75, 3.05) is 0 Å². The van der Waals surface area contributed by atoms with Gasteiger partial charge in [0.15, 0.2) is 0 Å². The lowest BCUT2D eigenvalue weighted by Crippen LogP contribution is -2.15. The molecule has 0 atom stereocenters. The number of fused-ring (bicyclic) bond motifs is 1. The van der Waals surface area contributed by atoms with Crippen molar-refractivity contribution < 1.29 is 23.1 Å². The van der Waals surface area contributed by atoms with E-state index in [1.54, 1.807) is 12.1 Å². The maximum absolute atomic E-state index is 13.6. The minimum atomic E-state index is -4.45. The fraction of sp³-hybridized carbons (Fsp3) is 0.417. The molecule has 0 aliphatic rings. The fourth-order valence-corrected chi connectivity index (χ4v) is 4.17. The number of halogens is 3. The van der Waals surface area contributed by atoms with Gasteiger partial charge in [0.05, 0.1) is 22.2 Å². The molecule has 166 valence electrons. The number of aromatic carboxylic acids is 1. The van der Waals surface area contributed by atoms with Crippen LogP contribution in [0.5, 0.6) is 0 Å². The number of hydrogen-bond acceptors (Lipinski definition) is 2. The first-order valence-electron chi connectivity index (χ1n) is 10.6. The molecular weight excluding hydrogens is 405 g/mol. The molecule has 7 heteroatoms. The van der Waals surface area contributed by atoms with Crippen molar-refractivity contribution in [3.05, 3.63) is 65.0 Å². The molecule has 1 N–H and O–H groups in total. The zero-order chi connectivity index (χ0) is 22.6. The van der Waals surface area contributed by atoms with Gasteiger partial charge >= 0.3 is 12.1 Å². The van der Waals surface area contributed by atoms with Crippen LogP contribution in [0, 0.1) is 5.92 Å². The van der Waals surface area contributed by atoms with E-state index < -0.39 is 17.7 Å². The van der Waals surface area contributed by atoms with Crippen LogP contribution in [0.25, 0.3) is 11.0 Å². The van der Waals surface area contributed by atoms with E-state index in [1.165, 1.54) is 24.3 Å². The smallest absolute Gasteiger partial charge is 0.416 e. The summed E-state index contributed by atoms with van der Waals surface area (Å²) in [7, 11) is 0. The number of nitrogens with zero attached hydrogens (tertiary/aromatic N) is 2. The van der Waals surface area contributed by atoms with Crippen LogP contribution in [0.2, 0.25) is 0 Å². The number of hydrogen-bond donors (Lipinski definition) is 1. The minimum absolute atomic E-state index is 0.0267. The molecule has 0 aliphatic carbocycles. The van der Waals surface area contributed by atoms with Crippen LogP contribution in [0.1, 0.15) is 66.8 Å². The summed E-state index contributed by atoms with van der Waals surface area (Å²) in [4.78, 5) is 16.0. The summed E-state index contributed by atoms with van der Waals surface area (Å²) in [6.45, 7) is 4.26. The summed E-state index contributed by atoms with van der Waals surface area (Å²) in [6.07, 6.45) is 0.257. The average molecular weight is 432 g/mol. The summed E-state index contributed by atoms with van der Waals surface area (Å²) in [5.74, 6) is 0.0130. The molecule has 0 saturated carbocycles. The molecule has 0 fully saturated rings. The Morgan fingerprint density at radius 3 is 2.39 bits per heavy atom. The number of aromatic nitrogens is 2. The second-order valence-corrected chi connectivity index (χ2v) is 7.93. The van der Waals surface area contributed by atoms with Gasteiger partial charge in [0.25, 0.3) is 0 Å². The molecule has 0 radical (unpaired) electrons. The fourth-order valence-electron chi connectivity index (χ4n) is 4.17. The molecule has 2 aromatic carbocycles. The number of alkyl halides is 3. The molecule has 0 spiro atoms. The van der Waals surface area contributed by atoms with Gasteiger partial charge in [-0.2, -0.15) is 13.2 Å². The zero-order valence-corrected chi connectivity index (χ0v) is 17.7. The minimum Gasteiger partial charge on any atom is -0.478 e. The highest BCUT2D eigenvalue weighted by Crippen LogP contribution is 2.33. The van der Waals surface area contributed by atoms with Crippen molar-refractivity contribution in [2.45, 2.75) is 58.7 Å². The first-order valence-corrected chi connectivity index (χ1v) is 10.6. The van der Waals surface area contributed by atoms with E-state index in [9.17, 15) is 23.1 Å². The van der Waals surface area contributed by atoms with Crippen molar-refractivity contribution in [1.82, 2.24) is 9.55 Å². The molecule has 0 amide bonds. The Balaban J connectivity index is 2.10. The maximum Gasteiger partial charge on any atom is 0.416 e. The molecule has 0 saturated heterocycles. The number of imidazole rings is 1. The lowest BCUT2D eigenvalue weighted by molar-refractivity contribution is -0.138. The van der Waals surface area contributed by atoms with Crippen molar-refractivity contribution in [2.24, 2.45) is 5.92 Å². The Hall–Kier alpha value is -2.83. The Morgan fingerprint density at radius 2 is 1.77 bits per heavy atom. The van der Waals surface area contributed by atoms with E-state index in [1.807, 2.05) is 4.57 Å². The summed E-state index contributed by atoms with van der Waals surface area (Å²) < 4.78 is 42.5. The summed E-state index contributed by atoms with van der Waals surface area (Å²) in [5.41, 5.74) is 0.747. The van der Waals surface area contributed by atoms with Gasteiger partial charge in [-0.15, -0.1) is 0 Å². The van der Waals surface area contributed by atoms with E-state index in [0.29, 0.717) is 29.2 Å². The Kier molecular flexibility index (Phi) is 7.03. The van der Waals surface area contributed by atoms with Crippen molar-refractivity contribution in [3.63, 3.8) is 0 Å². The molecule has 0 aliphatic heterocycles. The van der Waals surface area contributed by atoms with Crippen molar-refractivity contribution in [1.29, 1.82) is 0 Å². The monoisotopic (exact) mass is 432 g/mol. The third-order valence-electron chi connectivity index (χ3n) is 5.59. The Labute approximate surface area is 179 Å². The predicted octanol–water partition coefficient (Wildman–Crippen LogP) is 6.56. The lowest BCUT2D eigenvalue weighted by Gasteiger charge is -2.18. The number of carbonyl (C=O) groups is 1. The van der Waals surface area contributed by atoms with Crippen LogP contribution in [0.4, 0.5) is 13.2 Å². The molecule has 4 nitrogen and oxygen atoms in total. The number of rotatable bonds is 9. The molecule has 3 aromatic rings. The summed E-state index contributed by atoms with van der Waals surface area (Å²) in [5, 5.41) is 9.31. The third-order valence-corrected chi connectivity index (χ3v) is 5.59. The van der Waals surface area contributed by atoms with Gasteiger partial charge in [-0.1, -0.05) is 57.7 Å². The van der Waals surface area contributed by atoms with Gasteiger partial charge < -0.3 is 9.67 Å². The van der Waals surface area contributed by atoms with E-state index in [2.05, 4.69) is 18.8 Å². The van der Waals surface area contributed by atoms with E-state index in [0.717, 1.165) is 31.7 Å². The molecule has 3 rings (SSSR count). The van der Waals surface area contributed by atoms with Gasteiger partial charge in [-0.25, -0.2) is 9.78 Å². The quantitative estimate of drug-likeness (QED) is 0.417. The van der Waals surface area contributed by atoms with Crippen molar-refractivity contribution in [3.8, 4) is 0 Å². The number of carboxylic acid groups (broad SMARTS) is 1. The van der Waals surface area contributed by atoms with E-state index in [-0.39, 0.29) is 17.7 Å². The first-order chi connectivity index (χ1) is 14.7. The summed E-state index contributed by atoms with van der Waals surface area (Å²) in [6, 6.07) is 10.2. The highest BCUT2D eigenvalue weighted by Gasteiger charge is 2.33. The predicted molar refractivity (Wildman–Crippen MR) is 114 cm³/mol. The zero-order valence-electron chi connectivity index (χ0n) is 17.7. The number of benzene rings is 2. The van der Waals surface area contributed by atoms with Gasteiger partial charge in [0, 0.05) is 13.0 Å². The van der Waals surface area contributed by atoms with Crippen LogP contribution < -0.4 is 0 Å². The molecular formula is C24H27F3N2O2. The normalized spacial score (nSPS) is 12.1. The standard InChI is InChI=1S/C24H27F3N2O2/c1-3-7-16(8-4-2)13-22-28-20-14-17(23(30)31)11-12-21(20)29(22)15-18-9-5-6-10-19(18)24(25,26)27/h5-6,9-12,14,16H,3-4,7-8,13,15H2,1-2H3,(H,30,31). The van der Waals surface area contributed by atoms with Crippen LogP contribution in [-0.4, -0.2) is 20.6 Å². The molecule has 31 heavy (non-hydrogen) atoms. The van der Waals surface area contributed by atoms with Crippen LogP contribution in [0.15, 0.2) is 42.5 Å². The topological polar surface area (TPSA) is 55.1 Å². The second-order valence-electron chi connectivity index (χ2n) is 7.93. The van der Waals surface area contributed by atoms with E-state index >= 15 is 0 Å². The van der Waals surface area contributed by atoms with Crippen LogP contribution in [0.3, 0.4) is 0 Å². The largest absolute Gasteiger partial charge is 0.478 e.